The average Bonchev–Trinajstić information content (AvgIpc) is 3.26. The number of benzene rings is 1. The molecule has 2 amide bonds. The normalized spacial score (nSPS) is 17.2. The molecule has 8 heteroatoms. The first-order valence-electron chi connectivity index (χ1n) is 12.1. The highest BCUT2D eigenvalue weighted by atomic mass is 16.2. The molecule has 180 valence electrons. The Hall–Kier alpha value is -3.73. The van der Waals surface area contributed by atoms with E-state index < -0.39 is 5.41 Å². The van der Waals surface area contributed by atoms with Gasteiger partial charge < -0.3 is 14.4 Å². The lowest BCUT2D eigenvalue weighted by Crippen LogP contribution is -2.49. The summed E-state index contributed by atoms with van der Waals surface area (Å²) in [4.78, 5) is 38.4. The minimum atomic E-state index is -0.600. The number of likely N-dealkylation sites (tertiary alicyclic amines) is 1. The van der Waals surface area contributed by atoms with Crippen molar-refractivity contribution >= 4 is 28.5 Å². The lowest BCUT2D eigenvalue weighted by atomic mass is 9.73. The number of nitriles is 1. The van der Waals surface area contributed by atoms with E-state index >= 15 is 0 Å². The van der Waals surface area contributed by atoms with E-state index in [0.29, 0.717) is 44.7 Å². The van der Waals surface area contributed by atoms with Gasteiger partial charge in [0.05, 0.1) is 12.0 Å². The molecule has 0 aliphatic carbocycles. The van der Waals surface area contributed by atoms with Gasteiger partial charge >= 0.3 is 0 Å². The number of carbonyl (C=O) groups is 2. The number of fused-ring (bicyclic) bond motifs is 3. The molecule has 2 aromatic heterocycles. The summed E-state index contributed by atoms with van der Waals surface area (Å²) in [5.41, 5.74) is 3.03. The maximum absolute atomic E-state index is 14.1. The van der Waals surface area contributed by atoms with Gasteiger partial charge in [0.25, 0.3) is 0 Å². The van der Waals surface area contributed by atoms with E-state index in [9.17, 15) is 14.9 Å². The number of hydrogen-bond donors (Lipinski definition) is 0. The number of piperidine rings is 1. The molecule has 1 saturated heterocycles. The molecule has 0 saturated carbocycles. The van der Waals surface area contributed by atoms with Crippen molar-refractivity contribution in [2.45, 2.75) is 59.0 Å². The molecule has 1 spiro atoms. The van der Waals surface area contributed by atoms with E-state index in [2.05, 4.69) is 41.4 Å². The van der Waals surface area contributed by atoms with Crippen molar-refractivity contribution < 1.29 is 9.59 Å². The quantitative estimate of drug-likeness (QED) is 0.581. The zero-order valence-electron chi connectivity index (χ0n) is 20.7. The smallest absolute Gasteiger partial charge is 0.238 e. The number of rotatable bonds is 3. The molecule has 35 heavy (non-hydrogen) atoms. The van der Waals surface area contributed by atoms with Crippen LogP contribution in [0.25, 0.3) is 11.0 Å². The summed E-state index contributed by atoms with van der Waals surface area (Å²) in [5.74, 6) is 0.286. The van der Waals surface area contributed by atoms with E-state index in [4.69, 9.17) is 0 Å². The van der Waals surface area contributed by atoms with Gasteiger partial charge in [0, 0.05) is 49.5 Å². The van der Waals surface area contributed by atoms with Gasteiger partial charge in [-0.05, 0) is 36.0 Å². The predicted octanol–water partition coefficient (Wildman–Crippen LogP) is 3.78. The van der Waals surface area contributed by atoms with Crippen LogP contribution in [0, 0.1) is 16.7 Å². The van der Waals surface area contributed by atoms with Crippen LogP contribution in [-0.4, -0.2) is 44.3 Å². The zero-order chi connectivity index (χ0) is 25.0. The summed E-state index contributed by atoms with van der Waals surface area (Å²) in [7, 11) is 0. The molecule has 0 unspecified atom stereocenters. The highest BCUT2D eigenvalue weighted by Gasteiger charge is 2.52. The summed E-state index contributed by atoms with van der Waals surface area (Å²) in [6.07, 6.45) is 2.93. The minimum Gasteiger partial charge on any atom is -0.343 e. The third-order valence-corrected chi connectivity index (χ3v) is 7.20. The van der Waals surface area contributed by atoms with Gasteiger partial charge in [0.15, 0.2) is 0 Å². The Balaban J connectivity index is 1.56. The Kier molecular flexibility index (Phi) is 5.39. The van der Waals surface area contributed by atoms with Crippen LogP contribution in [0.4, 0.5) is 5.69 Å². The summed E-state index contributed by atoms with van der Waals surface area (Å²) in [6.45, 7) is 10.3. The molecular weight excluding hydrogens is 440 g/mol. The first kappa shape index (κ1) is 23.0. The molecule has 2 aliphatic rings. The molecule has 0 bridgehead atoms. The highest BCUT2D eigenvalue weighted by Crippen LogP contribution is 2.48. The Bertz CT molecular complexity index is 1370. The molecule has 0 radical (unpaired) electrons. The average molecular weight is 471 g/mol. The van der Waals surface area contributed by atoms with Crippen molar-refractivity contribution in [2.24, 2.45) is 5.41 Å². The van der Waals surface area contributed by atoms with Crippen molar-refractivity contribution in [3.63, 3.8) is 0 Å². The van der Waals surface area contributed by atoms with Crippen molar-refractivity contribution in [1.82, 2.24) is 19.4 Å². The van der Waals surface area contributed by atoms with Crippen molar-refractivity contribution in [2.75, 3.05) is 18.0 Å². The second-order valence-corrected chi connectivity index (χ2v) is 10.9. The fourth-order valence-electron chi connectivity index (χ4n) is 5.53. The SMILES string of the molecule is CC(=O)N1CCC2(CC1)C(=O)N(Cc1cc3cnc(C#N)nc3n1CC(C)(C)C)c1ccccc12. The maximum Gasteiger partial charge on any atom is 0.238 e. The minimum absolute atomic E-state index is 0.0356. The fourth-order valence-corrected chi connectivity index (χ4v) is 5.53. The second kappa shape index (κ2) is 8.19. The third-order valence-electron chi connectivity index (χ3n) is 7.20. The molecule has 0 atom stereocenters. The number of carbonyl (C=O) groups excluding carboxylic acids is 2. The fraction of sp³-hybridized carbons (Fsp3) is 0.444. The van der Waals surface area contributed by atoms with Crippen molar-refractivity contribution in [3.8, 4) is 6.07 Å². The van der Waals surface area contributed by atoms with Crippen LogP contribution in [0.5, 0.6) is 0 Å². The summed E-state index contributed by atoms with van der Waals surface area (Å²) in [6, 6.07) is 12.1. The number of hydrogen-bond acceptors (Lipinski definition) is 5. The zero-order valence-corrected chi connectivity index (χ0v) is 20.7. The first-order chi connectivity index (χ1) is 16.6. The Morgan fingerprint density at radius 3 is 2.57 bits per heavy atom. The van der Waals surface area contributed by atoms with Crippen LogP contribution in [-0.2, 0) is 28.1 Å². The predicted molar refractivity (Wildman–Crippen MR) is 132 cm³/mol. The molecule has 8 nitrogen and oxygen atoms in total. The van der Waals surface area contributed by atoms with Gasteiger partial charge in [0.1, 0.15) is 11.7 Å². The van der Waals surface area contributed by atoms with E-state index in [-0.39, 0.29) is 23.1 Å². The van der Waals surface area contributed by atoms with Gasteiger partial charge in [-0.1, -0.05) is 39.0 Å². The summed E-state index contributed by atoms with van der Waals surface area (Å²) >= 11 is 0. The van der Waals surface area contributed by atoms with Gasteiger partial charge in [-0.15, -0.1) is 0 Å². The summed E-state index contributed by atoms with van der Waals surface area (Å²) in [5, 5.41) is 10.2. The molecule has 0 N–H and O–H groups in total. The van der Waals surface area contributed by atoms with Crippen LogP contribution in [0.1, 0.15) is 57.6 Å². The molecule has 3 aromatic rings. The van der Waals surface area contributed by atoms with E-state index in [1.165, 1.54) is 0 Å². The van der Waals surface area contributed by atoms with Crippen LogP contribution < -0.4 is 4.90 Å². The van der Waals surface area contributed by atoms with Gasteiger partial charge in [-0.3, -0.25) is 9.59 Å². The molecule has 4 heterocycles. The molecule has 1 aromatic carbocycles. The summed E-state index contributed by atoms with van der Waals surface area (Å²) < 4.78 is 2.12. The first-order valence-corrected chi connectivity index (χ1v) is 12.1. The van der Waals surface area contributed by atoms with Crippen LogP contribution in [0.2, 0.25) is 0 Å². The Morgan fingerprint density at radius 1 is 1.20 bits per heavy atom. The molecular formula is C27H30N6O2. The standard InChI is InChI=1S/C27H30N6O2/c1-18(34)31-11-9-27(10-12-31)21-7-5-6-8-22(21)32(25(27)35)16-20-13-19-15-29-23(14-28)30-24(19)33(20)17-26(2,3)4/h5-8,13,15H,9-12,16-17H2,1-4H3. The van der Waals surface area contributed by atoms with Gasteiger partial charge in [-0.2, -0.15) is 5.26 Å². The van der Waals surface area contributed by atoms with E-state index in [0.717, 1.165) is 22.3 Å². The maximum atomic E-state index is 14.1. The number of nitrogens with zero attached hydrogens (tertiary/aromatic N) is 6. The molecule has 1 fully saturated rings. The number of para-hydroxylation sites is 1. The van der Waals surface area contributed by atoms with Crippen LogP contribution in [0.3, 0.4) is 0 Å². The van der Waals surface area contributed by atoms with E-state index in [1.807, 2.05) is 40.1 Å². The van der Waals surface area contributed by atoms with Crippen molar-refractivity contribution in [3.05, 3.63) is 53.6 Å². The van der Waals surface area contributed by atoms with Gasteiger partial charge in [-0.25, -0.2) is 9.97 Å². The molecule has 2 aliphatic heterocycles. The van der Waals surface area contributed by atoms with Crippen LogP contribution in [0.15, 0.2) is 36.5 Å². The van der Waals surface area contributed by atoms with Gasteiger partial charge in [0.2, 0.25) is 17.6 Å². The Morgan fingerprint density at radius 2 is 1.91 bits per heavy atom. The number of amides is 2. The topological polar surface area (TPSA) is 95.1 Å². The largest absolute Gasteiger partial charge is 0.343 e. The molecule has 5 rings (SSSR count). The second-order valence-electron chi connectivity index (χ2n) is 10.9. The number of aromatic nitrogens is 3. The monoisotopic (exact) mass is 470 g/mol. The van der Waals surface area contributed by atoms with E-state index in [1.54, 1.807) is 13.1 Å². The van der Waals surface area contributed by atoms with Crippen molar-refractivity contribution in [1.29, 1.82) is 5.26 Å². The lowest BCUT2D eigenvalue weighted by Gasteiger charge is -2.38. The Labute approximate surface area is 205 Å². The van der Waals surface area contributed by atoms with Crippen LogP contribution >= 0.6 is 0 Å². The number of anilines is 1. The highest BCUT2D eigenvalue weighted by molar-refractivity contribution is 6.08. The lowest BCUT2D eigenvalue weighted by molar-refractivity contribution is -0.133. The third kappa shape index (κ3) is 3.85.